The lowest BCUT2D eigenvalue weighted by molar-refractivity contribution is -0.118. The fourth-order valence-corrected chi connectivity index (χ4v) is 1.53. The molecule has 6 nitrogen and oxygen atoms in total. The van der Waals surface area contributed by atoms with Crippen molar-refractivity contribution in [1.82, 2.24) is 5.32 Å². The molecular weight excluding hydrogens is 220 g/mol. The number of nitrogens with two attached hydrogens (primary N) is 2. The molecule has 3 amide bonds. The molecule has 0 radical (unpaired) electrons. The average molecular weight is 236 g/mol. The van der Waals surface area contributed by atoms with Gasteiger partial charge < -0.3 is 16.4 Å². The topological polar surface area (TPSA) is 101 Å². The number of urea groups is 1. The van der Waals surface area contributed by atoms with Crippen LogP contribution in [-0.2, 0) is 11.3 Å². The SMILES string of the molecule is CN(CC(=O)NC(N)=O)c1ccccc1CN. The number of amides is 3. The van der Waals surface area contributed by atoms with Crippen LogP contribution < -0.4 is 21.7 Å². The molecule has 0 unspecified atom stereocenters. The number of nitrogens with zero attached hydrogens (tertiary/aromatic N) is 1. The molecule has 17 heavy (non-hydrogen) atoms. The van der Waals surface area contributed by atoms with E-state index in [1.807, 2.05) is 29.6 Å². The van der Waals surface area contributed by atoms with E-state index < -0.39 is 11.9 Å². The Labute approximate surface area is 99.6 Å². The standard InChI is InChI=1S/C11H16N4O2/c1-15(7-10(16)14-11(13)17)9-5-3-2-4-8(9)6-12/h2-5H,6-7,12H2,1H3,(H3,13,14,16,17). The van der Waals surface area contributed by atoms with Gasteiger partial charge in [0, 0.05) is 19.3 Å². The highest BCUT2D eigenvalue weighted by Gasteiger charge is 2.11. The molecule has 1 aromatic rings. The molecule has 0 aromatic heterocycles. The molecule has 0 spiro atoms. The molecule has 1 aromatic carbocycles. The molecule has 0 saturated carbocycles. The van der Waals surface area contributed by atoms with Crippen LogP contribution in [0.1, 0.15) is 5.56 Å². The molecule has 6 heteroatoms. The maximum atomic E-state index is 11.4. The van der Waals surface area contributed by atoms with Gasteiger partial charge in [0.25, 0.3) is 0 Å². The van der Waals surface area contributed by atoms with Crippen LogP contribution in [0.25, 0.3) is 0 Å². The van der Waals surface area contributed by atoms with Gasteiger partial charge >= 0.3 is 6.03 Å². The third-order valence-electron chi connectivity index (χ3n) is 2.27. The zero-order chi connectivity index (χ0) is 12.8. The van der Waals surface area contributed by atoms with Gasteiger partial charge in [-0.05, 0) is 11.6 Å². The summed E-state index contributed by atoms with van der Waals surface area (Å²) >= 11 is 0. The van der Waals surface area contributed by atoms with Crippen molar-refractivity contribution in [2.75, 3.05) is 18.5 Å². The lowest BCUT2D eigenvalue weighted by Crippen LogP contribution is -2.41. The van der Waals surface area contributed by atoms with Crippen molar-refractivity contribution >= 4 is 17.6 Å². The van der Waals surface area contributed by atoms with Crippen molar-refractivity contribution in [1.29, 1.82) is 0 Å². The molecule has 0 aliphatic rings. The molecular formula is C11H16N4O2. The minimum absolute atomic E-state index is 0.0416. The summed E-state index contributed by atoms with van der Waals surface area (Å²) in [6.45, 7) is 0.428. The number of anilines is 1. The van der Waals surface area contributed by atoms with Gasteiger partial charge in [-0.15, -0.1) is 0 Å². The van der Waals surface area contributed by atoms with Crippen molar-refractivity contribution in [3.63, 3.8) is 0 Å². The summed E-state index contributed by atoms with van der Waals surface area (Å²) in [5.41, 5.74) is 12.2. The van der Waals surface area contributed by atoms with Crippen LogP contribution >= 0.6 is 0 Å². The maximum absolute atomic E-state index is 11.4. The van der Waals surface area contributed by atoms with Crippen LogP contribution in [0, 0.1) is 0 Å². The number of benzene rings is 1. The fourth-order valence-electron chi connectivity index (χ4n) is 1.53. The molecule has 0 heterocycles. The Balaban J connectivity index is 2.72. The number of carbonyl (C=O) groups is 2. The molecule has 0 saturated heterocycles. The van der Waals surface area contributed by atoms with Crippen LogP contribution in [0.2, 0.25) is 0 Å². The van der Waals surface area contributed by atoms with Crippen LogP contribution in [-0.4, -0.2) is 25.5 Å². The van der Waals surface area contributed by atoms with E-state index in [0.29, 0.717) is 6.54 Å². The van der Waals surface area contributed by atoms with Gasteiger partial charge in [0.1, 0.15) is 0 Å². The predicted molar refractivity (Wildman–Crippen MR) is 65.3 cm³/mol. The van der Waals surface area contributed by atoms with Crippen molar-refractivity contribution in [2.24, 2.45) is 11.5 Å². The van der Waals surface area contributed by atoms with E-state index in [9.17, 15) is 9.59 Å². The number of hydrogen-bond donors (Lipinski definition) is 3. The average Bonchev–Trinajstić information content (AvgIpc) is 2.27. The summed E-state index contributed by atoms with van der Waals surface area (Å²) in [5, 5.41) is 2.01. The van der Waals surface area contributed by atoms with E-state index >= 15 is 0 Å². The molecule has 0 fully saturated rings. The minimum Gasteiger partial charge on any atom is -0.365 e. The summed E-state index contributed by atoms with van der Waals surface area (Å²) in [7, 11) is 1.75. The van der Waals surface area contributed by atoms with Gasteiger partial charge in [-0.25, -0.2) is 4.79 Å². The molecule has 92 valence electrons. The fraction of sp³-hybridized carbons (Fsp3) is 0.273. The third-order valence-corrected chi connectivity index (χ3v) is 2.27. The summed E-state index contributed by atoms with van der Waals surface area (Å²) in [6.07, 6.45) is 0. The van der Waals surface area contributed by atoms with Gasteiger partial charge in [0.05, 0.1) is 6.54 Å². The smallest absolute Gasteiger partial charge is 0.318 e. The Bertz CT molecular complexity index is 420. The van der Waals surface area contributed by atoms with Crippen molar-refractivity contribution in [3.05, 3.63) is 29.8 Å². The van der Waals surface area contributed by atoms with E-state index in [4.69, 9.17) is 11.5 Å². The van der Waals surface area contributed by atoms with E-state index in [0.717, 1.165) is 11.3 Å². The second-order valence-electron chi connectivity index (χ2n) is 3.60. The first-order chi connectivity index (χ1) is 8.04. The van der Waals surface area contributed by atoms with Crippen molar-refractivity contribution in [3.8, 4) is 0 Å². The number of nitrogens with one attached hydrogen (secondary N) is 1. The molecule has 1 rings (SSSR count). The zero-order valence-corrected chi connectivity index (χ0v) is 9.64. The van der Waals surface area contributed by atoms with Gasteiger partial charge in [0.2, 0.25) is 5.91 Å². The van der Waals surface area contributed by atoms with Gasteiger partial charge in [0.15, 0.2) is 0 Å². The van der Waals surface area contributed by atoms with Crippen molar-refractivity contribution in [2.45, 2.75) is 6.54 Å². The van der Waals surface area contributed by atoms with E-state index in [1.54, 1.807) is 11.9 Å². The number of likely N-dealkylation sites (N-methyl/N-ethyl adjacent to an activating group) is 1. The number of carbonyl (C=O) groups excluding carboxylic acids is 2. The van der Waals surface area contributed by atoms with Crippen molar-refractivity contribution < 1.29 is 9.59 Å². The first kappa shape index (κ1) is 13.0. The maximum Gasteiger partial charge on any atom is 0.318 e. The third kappa shape index (κ3) is 3.76. The summed E-state index contributed by atoms with van der Waals surface area (Å²) in [4.78, 5) is 23.6. The monoisotopic (exact) mass is 236 g/mol. The Morgan fingerprint density at radius 3 is 2.59 bits per heavy atom. The summed E-state index contributed by atoms with van der Waals surface area (Å²) in [6, 6.07) is 6.63. The van der Waals surface area contributed by atoms with Gasteiger partial charge in [-0.1, -0.05) is 18.2 Å². The number of hydrogen-bond acceptors (Lipinski definition) is 4. The van der Waals surface area contributed by atoms with E-state index in [1.165, 1.54) is 0 Å². The Morgan fingerprint density at radius 2 is 2.00 bits per heavy atom. The Kier molecular flexibility index (Phi) is 4.47. The normalized spacial score (nSPS) is 9.76. The number of rotatable bonds is 4. The predicted octanol–water partition coefficient (Wildman–Crippen LogP) is -0.224. The molecule has 0 atom stereocenters. The first-order valence-electron chi connectivity index (χ1n) is 5.13. The first-order valence-corrected chi connectivity index (χ1v) is 5.13. The van der Waals surface area contributed by atoms with E-state index in [2.05, 4.69) is 0 Å². The molecule has 0 aliphatic carbocycles. The van der Waals surface area contributed by atoms with E-state index in [-0.39, 0.29) is 6.54 Å². The minimum atomic E-state index is -0.851. The Hall–Kier alpha value is -2.08. The summed E-state index contributed by atoms with van der Waals surface area (Å²) in [5.74, 6) is -0.452. The van der Waals surface area contributed by atoms with Gasteiger partial charge in [-0.2, -0.15) is 0 Å². The highest BCUT2D eigenvalue weighted by atomic mass is 16.2. The van der Waals surface area contributed by atoms with Crippen LogP contribution in [0.3, 0.4) is 0 Å². The molecule has 5 N–H and O–H groups in total. The number of para-hydroxylation sites is 1. The highest BCUT2D eigenvalue weighted by molar-refractivity contribution is 5.95. The number of primary amides is 1. The summed E-state index contributed by atoms with van der Waals surface area (Å²) < 4.78 is 0. The highest BCUT2D eigenvalue weighted by Crippen LogP contribution is 2.17. The number of imide groups is 1. The van der Waals surface area contributed by atoms with Crippen LogP contribution in [0.5, 0.6) is 0 Å². The zero-order valence-electron chi connectivity index (χ0n) is 9.64. The lowest BCUT2D eigenvalue weighted by Gasteiger charge is -2.21. The Morgan fingerprint density at radius 1 is 1.35 bits per heavy atom. The molecule has 0 aliphatic heterocycles. The largest absolute Gasteiger partial charge is 0.365 e. The molecule has 0 bridgehead atoms. The lowest BCUT2D eigenvalue weighted by atomic mass is 10.1. The second-order valence-corrected chi connectivity index (χ2v) is 3.60. The van der Waals surface area contributed by atoms with Gasteiger partial charge in [-0.3, -0.25) is 10.1 Å². The van der Waals surface area contributed by atoms with Crippen LogP contribution in [0.15, 0.2) is 24.3 Å². The van der Waals surface area contributed by atoms with Crippen LogP contribution in [0.4, 0.5) is 10.5 Å². The second kappa shape index (κ2) is 5.86. The quantitative estimate of drug-likeness (QED) is 0.672.